The highest BCUT2D eigenvalue weighted by molar-refractivity contribution is 6.61. The highest BCUT2D eigenvalue weighted by atomic mass is 35.5. The summed E-state index contributed by atoms with van der Waals surface area (Å²) in [6, 6.07) is 0. The highest BCUT2D eigenvalue weighted by Gasteiger charge is 2.32. The summed E-state index contributed by atoms with van der Waals surface area (Å²) in [5.41, 5.74) is -0.657. The SMILES string of the molecule is CC1CCC(OC(=O)Cl)C(C(C)C)C1. The van der Waals surface area contributed by atoms with E-state index in [1.165, 1.54) is 0 Å². The van der Waals surface area contributed by atoms with Crippen molar-refractivity contribution in [2.75, 3.05) is 0 Å². The molecule has 1 saturated carbocycles. The second kappa shape index (κ2) is 5.01. The lowest BCUT2D eigenvalue weighted by atomic mass is 9.75. The van der Waals surface area contributed by atoms with Crippen molar-refractivity contribution in [1.82, 2.24) is 0 Å². The predicted molar refractivity (Wildman–Crippen MR) is 57.5 cm³/mol. The average Bonchev–Trinajstić information content (AvgIpc) is 2.07. The molecule has 0 bridgehead atoms. The summed E-state index contributed by atoms with van der Waals surface area (Å²) >= 11 is 5.26. The first-order valence-corrected chi connectivity index (χ1v) is 5.74. The Morgan fingerprint density at radius 3 is 2.57 bits per heavy atom. The van der Waals surface area contributed by atoms with Crippen LogP contribution in [0.4, 0.5) is 4.79 Å². The van der Waals surface area contributed by atoms with Crippen molar-refractivity contribution in [3.05, 3.63) is 0 Å². The molecule has 2 nitrogen and oxygen atoms in total. The Hall–Kier alpha value is -0.240. The fourth-order valence-electron chi connectivity index (χ4n) is 2.36. The van der Waals surface area contributed by atoms with Crippen LogP contribution in [0.15, 0.2) is 0 Å². The lowest BCUT2D eigenvalue weighted by Gasteiger charge is -2.36. The van der Waals surface area contributed by atoms with Crippen LogP contribution in [0.25, 0.3) is 0 Å². The van der Waals surface area contributed by atoms with Gasteiger partial charge in [-0.15, -0.1) is 0 Å². The van der Waals surface area contributed by atoms with E-state index in [-0.39, 0.29) is 6.10 Å². The maximum absolute atomic E-state index is 10.7. The maximum Gasteiger partial charge on any atom is 0.404 e. The molecule has 1 aliphatic carbocycles. The normalized spacial score (nSPS) is 33.1. The summed E-state index contributed by atoms with van der Waals surface area (Å²) < 4.78 is 5.14. The molecule has 0 heterocycles. The number of carbonyl (C=O) groups is 1. The first kappa shape index (κ1) is 11.8. The van der Waals surface area contributed by atoms with Gasteiger partial charge >= 0.3 is 5.43 Å². The third-order valence-electron chi connectivity index (χ3n) is 3.20. The Bertz CT molecular complexity index is 203. The number of hydrogen-bond donors (Lipinski definition) is 0. The van der Waals surface area contributed by atoms with E-state index in [9.17, 15) is 4.79 Å². The van der Waals surface area contributed by atoms with E-state index in [4.69, 9.17) is 16.3 Å². The maximum atomic E-state index is 10.7. The third-order valence-corrected chi connectivity index (χ3v) is 3.29. The van der Waals surface area contributed by atoms with Crippen LogP contribution in [0.2, 0.25) is 0 Å². The van der Waals surface area contributed by atoms with Crippen LogP contribution >= 0.6 is 11.6 Å². The van der Waals surface area contributed by atoms with Gasteiger partial charge in [0.2, 0.25) is 0 Å². The van der Waals surface area contributed by atoms with Crippen molar-refractivity contribution in [2.24, 2.45) is 17.8 Å². The predicted octanol–water partition coefficient (Wildman–Crippen LogP) is 3.82. The van der Waals surface area contributed by atoms with E-state index < -0.39 is 5.43 Å². The van der Waals surface area contributed by atoms with E-state index in [1.54, 1.807) is 0 Å². The minimum absolute atomic E-state index is 0.0381. The third kappa shape index (κ3) is 3.16. The molecule has 0 aromatic rings. The molecule has 3 atom stereocenters. The second-order valence-electron chi connectivity index (χ2n) is 4.72. The quantitative estimate of drug-likeness (QED) is 0.659. The van der Waals surface area contributed by atoms with Crippen molar-refractivity contribution in [2.45, 2.75) is 46.1 Å². The van der Waals surface area contributed by atoms with Gasteiger partial charge in [0.1, 0.15) is 6.10 Å². The Morgan fingerprint density at radius 2 is 2.07 bits per heavy atom. The van der Waals surface area contributed by atoms with Gasteiger partial charge < -0.3 is 4.74 Å². The molecule has 0 aromatic heterocycles. The Balaban J connectivity index is 2.58. The van der Waals surface area contributed by atoms with E-state index >= 15 is 0 Å². The summed E-state index contributed by atoms with van der Waals surface area (Å²) in [7, 11) is 0. The fraction of sp³-hybridized carbons (Fsp3) is 0.909. The van der Waals surface area contributed by atoms with Crippen molar-refractivity contribution in [3.63, 3.8) is 0 Å². The molecule has 3 unspecified atom stereocenters. The van der Waals surface area contributed by atoms with Crippen molar-refractivity contribution in [1.29, 1.82) is 0 Å². The molecule has 0 saturated heterocycles. The molecule has 0 radical (unpaired) electrons. The van der Waals surface area contributed by atoms with Gasteiger partial charge in [0.15, 0.2) is 0 Å². The van der Waals surface area contributed by atoms with Gasteiger partial charge in [-0.2, -0.15) is 0 Å². The number of halogens is 1. The zero-order valence-electron chi connectivity index (χ0n) is 9.13. The molecule has 82 valence electrons. The van der Waals surface area contributed by atoms with Gasteiger partial charge in [0.05, 0.1) is 0 Å². The van der Waals surface area contributed by atoms with Gasteiger partial charge in [0, 0.05) is 11.6 Å². The fourth-order valence-corrected chi connectivity index (χ4v) is 2.48. The van der Waals surface area contributed by atoms with Crippen LogP contribution < -0.4 is 0 Å². The van der Waals surface area contributed by atoms with Crippen molar-refractivity contribution >= 4 is 17.0 Å². The highest BCUT2D eigenvalue weighted by Crippen LogP contribution is 2.35. The van der Waals surface area contributed by atoms with Gasteiger partial charge in [-0.25, -0.2) is 4.79 Å². The van der Waals surface area contributed by atoms with Crippen LogP contribution in [0.5, 0.6) is 0 Å². The summed E-state index contributed by atoms with van der Waals surface area (Å²) in [6.45, 7) is 6.61. The molecule has 0 aromatic carbocycles. The monoisotopic (exact) mass is 218 g/mol. The molecule has 0 spiro atoms. The summed E-state index contributed by atoms with van der Waals surface area (Å²) in [4.78, 5) is 10.7. The van der Waals surface area contributed by atoms with Crippen LogP contribution in [-0.4, -0.2) is 11.5 Å². The lowest BCUT2D eigenvalue weighted by molar-refractivity contribution is 0.0194. The van der Waals surface area contributed by atoms with Crippen LogP contribution in [0.1, 0.15) is 40.0 Å². The van der Waals surface area contributed by atoms with Crippen LogP contribution in [0.3, 0.4) is 0 Å². The Labute approximate surface area is 91.0 Å². The summed E-state index contributed by atoms with van der Waals surface area (Å²) in [5.74, 6) is 1.77. The van der Waals surface area contributed by atoms with E-state index in [0.717, 1.165) is 25.2 Å². The topological polar surface area (TPSA) is 26.3 Å². The van der Waals surface area contributed by atoms with E-state index in [1.807, 2.05) is 0 Å². The van der Waals surface area contributed by atoms with E-state index in [2.05, 4.69) is 20.8 Å². The average molecular weight is 219 g/mol. The lowest BCUT2D eigenvalue weighted by Crippen LogP contribution is -2.34. The largest absolute Gasteiger partial charge is 0.450 e. The summed E-state index contributed by atoms with van der Waals surface area (Å²) in [5, 5.41) is 0. The smallest absolute Gasteiger partial charge is 0.404 e. The minimum Gasteiger partial charge on any atom is -0.450 e. The first-order chi connectivity index (χ1) is 6.50. The number of hydrogen-bond acceptors (Lipinski definition) is 2. The zero-order valence-corrected chi connectivity index (χ0v) is 9.88. The van der Waals surface area contributed by atoms with Crippen molar-refractivity contribution in [3.8, 4) is 0 Å². The van der Waals surface area contributed by atoms with Crippen LogP contribution in [0, 0.1) is 17.8 Å². The van der Waals surface area contributed by atoms with Gasteiger partial charge in [-0.05, 0) is 37.0 Å². The molecule has 1 fully saturated rings. The molecule has 14 heavy (non-hydrogen) atoms. The molecule has 1 aliphatic rings. The molecule has 1 rings (SSSR count). The molecular weight excluding hydrogens is 200 g/mol. The van der Waals surface area contributed by atoms with Crippen molar-refractivity contribution < 1.29 is 9.53 Å². The minimum atomic E-state index is -0.657. The molecule has 3 heteroatoms. The number of ether oxygens (including phenoxy) is 1. The Kier molecular flexibility index (Phi) is 4.24. The number of carbonyl (C=O) groups excluding carboxylic acids is 1. The first-order valence-electron chi connectivity index (χ1n) is 5.36. The molecular formula is C11H19ClO2. The van der Waals surface area contributed by atoms with Crippen LogP contribution in [-0.2, 0) is 4.74 Å². The standard InChI is InChI=1S/C11H19ClO2/c1-7(2)9-6-8(3)4-5-10(9)14-11(12)13/h7-10H,4-6H2,1-3H3. The molecule has 0 amide bonds. The summed E-state index contributed by atoms with van der Waals surface area (Å²) in [6.07, 6.45) is 3.28. The number of rotatable bonds is 2. The zero-order chi connectivity index (χ0) is 10.7. The molecule has 0 aliphatic heterocycles. The van der Waals surface area contributed by atoms with Gasteiger partial charge in [-0.1, -0.05) is 20.8 Å². The Morgan fingerprint density at radius 1 is 1.43 bits per heavy atom. The van der Waals surface area contributed by atoms with Gasteiger partial charge in [0.25, 0.3) is 0 Å². The molecule has 0 N–H and O–H groups in total. The second-order valence-corrected chi connectivity index (χ2v) is 5.03. The van der Waals surface area contributed by atoms with Gasteiger partial charge in [-0.3, -0.25) is 0 Å². The van der Waals surface area contributed by atoms with E-state index in [0.29, 0.717) is 11.8 Å².